The Hall–Kier alpha value is -0.940. The summed E-state index contributed by atoms with van der Waals surface area (Å²) < 4.78 is 0.742. The number of aromatic nitrogens is 1. The molecule has 1 unspecified atom stereocenters. The van der Waals surface area contributed by atoms with Crippen molar-refractivity contribution >= 4 is 29.5 Å². The molecule has 3 nitrogen and oxygen atoms in total. The number of amides is 1. The lowest BCUT2D eigenvalue weighted by Crippen LogP contribution is -2.36. The van der Waals surface area contributed by atoms with E-state index in [2.05, 4.69) is 22.5 Å². The molecule has 0 bridgehead atoms. The Morgan fingerprint density at radius 3 is 3.06 bits per heavy atom. The second-order valence-electron chi connectivity index (χ2n) is 4.29. The lowest BCUT2D eigenvalue weighted by Gasteiger charge is -2.19. The number of nitrogens with one attached hydrogen (secondary N) is 2. The van der Waals surface area contributed by atoms with Gasteiger partial charge in [0.2, 0.25) is 5.91 Å². The molecule has 0 aliphatic heterocycles. The molecule has 0 saturated carbocycles. The van der Waals surface area contributed by atoms with Crippen LogP contribution in [0.3, 0.4) is 0 Å². The number of aromatic amines is 1. The van der Waals surface area contributed by atoms with Crippen molar-refractivity contribution < 1.29 is 4.79 Å². The molecule has 1 heterocycles. The molecule has 92 valence electrons. The molecule has 0 aromatic carbocycles. The van der Waals surface area contributed by atoms with E-state index in [9.17, 15) is 4.79 Å². The zero-order valence-electron chi connectivity index (χ0n) is 9.79. The number of thiazole rings is 1. The van der Waals surface area contributed by atoms with E-state index in [0.29, 0.717) is 12.5 Å². The van der Waals surface area contributed by atoms with E-state index in [4.69, 9.17) is 12.2 Å². The van der Waals surface area contributed by atoms with Gasteiger partial charge in [-0.15, -0.1) is 11.3 Å². The Morgan fingerprint density at radius 2 is 2.47 bits per heavy atom. The van der Waals surface area contributed by atoms with Crippen LogP contribution in [0, 0.1) is 10.9 Å². The van der Waals surface area contributed by atoms with Crippen LogP contribution in [0.15, 0.2) is 12.2 Å². The quantitative estimate of drug-likeness (QED) is 0.654. The van der Waals surface area contributed by atoms with Crippen LogP contribution in [0.2, 0.25) is 0 Å². The minimum Gasteiger partial charge on any atom is -0.353 e. The summed E-state index contributed by atoms with van der Waals surface area (Å²) in [6, 6.07) is 0.305. The van der Waals surface area contributed by atoms with Gasteiger partial charge in [0.25, 0.3) is 0 Å². The van der Waals surface area contributed by atoms with Gasteiger partial charge in [0.1, 0.15) is 0 Å². The molecule has 1 atom stereocenters. The maximum Gasteiger partial charge on any atom is 0.225 e. The summed E-state index contributed by atoms with van der Waals surface area (Å²) >= 11 is 6.55. The first-order chi connectivity index (χ1) is 8.15. The maximum absolute atomic E-state index is 11.9. The molecule has 1 amide bonds. The highest BCUT2D eigenvalue weighted by Gasteiger charge is 2.14. The van der Waals surface area contributed by atoms with E-state index in [0.717, 1.165) is 33.8 Å². The number of allylic oxidation sites excluding steroid dienone is 1. The van der Waals surface area contributed by atoms with E-state index in [-0.39, 0.29) is 5.91 Å². The monoisotopic (exact) mass is 268 g/mol. The first-order valence-electron chi connectivity index (χ1n) is 5.78. The largest absolute Gasteiger partial charge is 0.353 e. The van der Waals surface area contributed by atoms with Gasteiger partial charge in [-0.2, -0.15) is 0 Å². The Kier molecular flexibility index (Phi) is 4.12. The molecule has 0 fully saturated rings. The Morgan fingerprint density at radius 1 is 1.65 bits per heavy atom. The molecule has 2 N–H and O–H groups in total. The number of hydrogen-bond acceptors (Lipinski definition) is 3. The number of rotatable bonds is 3. The molecule has 5 heteroatoms. The highest BCUT2D eigenvalue weighted by Crippen LogP contribution is 2.16. The molecular weight excluding hydrogens is 252 g/mol. The fourth-order valence-electron chi connectivity index (χ4n) is 1.95. The molecule has 0 saturated heterocycles. The van der Waals surface area contributed by atoms with Gasteiger partial charge in [-0.1, -0.05) is 12.2 Å². The Bertz CT molecular complexity index is 487. The second kappa shape index (κ2) is 5.60. The van der Waals surface area contributed by atoms with Crippen molar-refractivity contribution in [2.45, 2.75) is 38.6 Å². The summed E-state index contributed by atoms with van der Waals surface area (Å²) in [5.74, 6) is 0.0960. The summed E-state index contributed by atoms with van der Waals surface area (Å²) in [7, 11) is 0. The van der Waals surface area contributed by atoms with Crippen molar-refractivity contribution in [1.82, 2.24) is 10.3 Å². The number of aryl methyl sites for hydroxylation is 1. The molecular formula is C12H16N2OS2. The summed E-state index contributed by atoms with van der Waals surface area (Å²) in [5.41, 5.74) is 1.01. The smallest absolute Gasteiger partial charge is 0.225 e. The van der Waals surface area contributed by atoms with E-state index < -0.39 is 0 Å². The average molecular weight is 268 g/mol. The van der Waals surface area contributed by atoms with Crippen molar-refractivity contribution in [3.63, 3.8) is 0 Å². The number of carbonyl (C=O) groups excluding carboxylic acids is 1. The van der Waals surface area contributed by atoms with Crippen LogP contribution in [0.25, 0.3) is 0 Å². The minimum atomic E-state index is 0.0960. The van der Waals surface area contributed by atoms with Crippen LogP contribution in [-0.2, 0) is 11.2 Å². The molecule has 0 radical (unpaired) electrons. The van der Waals surface area contributed by atoms with Crippen molar-refractivity contribution in [1.29, 1.82) is 0 Å². The zero-order valence-corrected chi connectivity index (χ0v) is 11.4. The Balaban J connectivity index is 1.91. The highest BCUT2D eigenvalue weighted by molar-refractivity contribution is 7.73. The van der Waals surface area contributed by atoms with Crippen LogP contribution in [0.5, 0.6) is 0 Å². The van der Waals surface area contributed by atoms with E-state index in [1.165, 1.54) is 11.3 Å². The van der Waals surface area contributed by atoms with Crippen LogP contribution in [0.4, 0.5) is 0 Å². The molecule has 2 rings (SSSR count). The topological polar surface area (TPSA) is 44.9 Å². The third-order valence-corrected chi connectivity index (χ3v) is 4.22. The van der Waals surface area contributed by atoms with Crippen molar-refractivity contribution in [3.05, 3.63) is 26.7 Å². The third-order valence-electron chi connectivity index (χ3n) is 2.88. The SMILES string of the molecule is Cc1[nH]c(=S)sc1CC(=O)NC1CC=CCC1. The predicted molar refractivity (Wildman–Crippen MR) is 72.9 cm³/mol. The van der Waals surface area contributed by atoms with Crippen molar-refractivity contribution in [3.8, 4) is 0 Å². The maximum atomic E-state index is 11.9. The third kappa shape index (κ3) is 3.51. The van der Waals surface area contributed by atoms with E-state index in [1.807, 2.05) is 6.92 Å². The molecule has 1 aromatic rings. The van der Waals surface area contributed by atoms with Crippen LogP contribution in [0.1, 0.15) is 29.8 Å². The molecule has 1 aliphatic carbocycles. The number of hydrogen-bond donors (Lipinski definition) is 2. The van der Waals surface area contributed by atoms with Crippen molar-refractivity contribution in [2.24, 2.45) is 0 Å². The van der Waals surface area contributed by atoms with E-state index >= 15 is 0 Å². The van der Waals surface area contributed by atoms with Crippen LogP contribution >= 0.6 is 23.6 Å². The van der Waals surface area contributed by atoms with Gasteiger partial charge in [0.05, 0.1) is 6.42 Å². The van der Waals surface area contributed by atoms with Gasteiger partial charge in [-0.05, 0) is 38.4 Å². The number of carbonyl (C=O) groups is 1. The van der Waals surface area contributed by atoms with Crippen LogP contribution in [-0.4, -0.2) is 16.9 Å². The second-order valence-corrected chi connectivity index (χ2v) is 6.06. The average Bonchev–Trinajstić information content (AvgIpc) is 2.58. The van der Waals surface area contributed by atoms with Gasteiger partial charge < -0.3 is 10.3 Å². The van der Waals surface area contributed by atoms with Gasteiger partial charge in [0.15, 0.2) is 3.95 Å². The van der Waals surface area contributed by atoms with Crippen molar-refractivity contribution in [2.75, 3.05) is 0 Å². The minimum absolute atomic E-state index is 0.0960. The molecule has 1 aliphatic rings. The van der Waals surface area contributed by atoms with Gasteiger partial charge in [-0.25, -0.2) is 0 Å². The molecule has 1 aromatic heterocycles. The van der Waals surface area contributed by atoms with E-state index in [1.54, 1.807) is 0 Å². The molecule has 0 spiro atoms. The summed E-state index contributed by atoms with van der Waals surface area (Å²) in [6.45, 7) is 1.96. The lowest BCUT2D eigenvalue weighted by molar-refractivity contribution is -0.121. The van der Waals surface area contributed by atoms with Gasteiger partial charge in [-0.3, -0.25) is 4.79 Å². The molecule has 17 heavy (non-hydrogen) atoms. The van der Waals surface area contributed by atoms with Crippen LogP contribution < -0.4 is 5.32 Å². The highest BCUT2D eigenvalue weighted by atomic mass is 32.1. The summed E-state index contributed by atoms with van der Waals surface area (Å²) in [5, 5.41) is 3.07. The first-order valence-corrected chi connectivity index (χ1v) is 7.00. The summed E-state index contributed by atoms with van der Waals surface area (Å²) in [4.78, 5) is 16.0. The Labute approximate surface area is 110 Å². The fourth-order valence-corrected chi connectivity index (χ4v) is 3.24. The van der Waals surface area contributed by atoms with Gasteiger partial charge in [0, 0.05) is 16.6 Å². The van der Waals surface area contributed by atoms with Gasteiger partial charge >= 0.3 is 0 Å². The lowest BCUT2D eigenvalue weighted by atomic mass is 10.0. The first kappa shape index (κ1) is 12.5. The fraction of sp³-hybridized carbons (Fsp3) is 0.500. The zero-order chi connectivity index (χ0) is 12.3. The summed E-state index contributed by atoms with van der Waals surface area (Å²) in [6.07, 6.45) is 7.80. The normalized spacial score (nSPS) is 19.2. The standard InChI is InChI=1S/C12H16N2OS2/c1-8-10(17-12(16)13-8)7-11(15)14-9-5-3-2-4-6-9/h2-3,9H,4-7H2,1H3,(H,13,16)(H,14,15). The predicted octanol–water partition coefficient (Wildman–Crippen LogP) is 2.88. The number of H-pyrrole nitrogens is 1.